The summed E-state index contributed by atoms with van der Waals surface area (Å²) in [6, 6.07) is 6.93. The fourth-order valence-electron chi connectivity index (χ4n) is 2.45. The van der Waals surface area contributed by atoms with Gasteiger partial charge in [-0.25, -0.2) is 0 Å². The van der Waals surface area contributed by atoms with E-state index in [1.165, 1.54) is 4.90 Å². The third kappa shape index (κ3) is 3.43. The second-order valence-electron chi connectivity index (χ2n) is 5.53. The molecule has 0 saturated carbocycles. The predicted octanol–water partition coefficient (Wildman–Crippen LogP) is 1.59. The fraction of sp³-hybridized carbons (Fsp3) is 0.412. The number of carbonyl (C=O) groups excluding carboxylic acids is 2. The van der Waals surface area contributed by atoms with E-state index in [0.717, 1.165) is 24.1 Å². The van der Waals surface area contributed by atoms with Crippen LogP contribution in [0.3, 0.4) is 0 Å². The van der Waals surface area contributed by atoms with Crippen molar-refractivity contribution in [1.29, 1.82) is 0 Å². The number of aliphatic hydroxyl groups is 1. The summed E-state index contributed by atoms with van der Waals surface area (Å²) >= 11 is 0. The number of fused-ring (bicyclic) bond motifs is 1. The molecule has 1 aromatic rings. The molecule has 1 aromatic carbocycles. The molecule has 2 amide bonds. The number of amides is 2. The van der Waals surface area contributed by atoms with Crippen molar-refractivity contribution in [2.24, 2.45) is 0 Å². The maximum atomic E-state index is 12.3. The number of imide groups is 1. The Morgan fingerprint density at radius 1 is 1.05 bits per heavy atom. The third-order valence-corrected chi connectivity index (χ3v) is 3.97. The predicted molar refractivity (Wildman–Crippen MR) is 84.8 cm³/mol. The van der Waals surface area contributed by atoms with E-state index in [9.17, 15) is 9.59 Å². The highest BCUT2D eigenvalue weighted by molar-refractivity contribution is 6.21. The van der Waals surface area contributed by atoms with Gasteiger partial charge >= 0.3 is 0 Å². The molecule has 0 saturated heterocycles. The lowest BCUT2D eigenvalue weighted by Crippen LogP contribution is -2.31. The molecule has 1 heterocycles. The van der Waals surface area contributed by atoms with Crippen LogP contribution in [0.15, 0.2) is 35.4 Å². The summed E-state index contributed by atoms with van der Waals surface area (Å²) in [5, 5.41) is 11.8. The molecule has 1 aliphatic heterocycles. The van der Waals surface area contributed by atoms with E-state index >= 15 is 0 Å². The fourth-order valence-corrected chi connectivity index (χ4v) is 2.45. The van der Waals surface area contributed by atoms with Crippen LogP contribution in [0, 0.1) is 0 Å². The molecular weight excluding hydrogens is 280 g/mol. The van der Waals surface area contributed by atoms with Crippen LogP contribution in [0.4, 0.5) is 0 Å². The van der Waals surface area contributed by atoms with E-state index in [2.05, 4.69) is 5.32 Å². The highest BCUT2D eigenvalue weighted by Gasteiger charge is 2.34. The van der Waals surface area contributed by atoms with Crippen LogP contribution < -0.4 is 5.32 Å². The van der Waals surface area contributed by atoms with Gasteiger partial charge in [-0.05, 0) is 38.9 Å². The minimum atomic E-state index is -0.217. The molecule has 0 bridgehead atoms. The van der Waals surface area contributed by atoms with Gasteiger partial charge in [-0.2, -0.15) is 0 Å². The molecule has 0 aromatic heterocycles. The summed E-state index contributed by atoms with van der Waals surface area (Å²) in [6.45, 7) is 5.75. The van der Waals surface area contributed by atoms with E-state index in [0.29, 0.717) is 24.2 Å². The normalized spacial score (nSPS) is 15.1. The summed E-state index contributed by atoms with van der Waals surface area (Å²) in [5.74, 6) is -0.433. The Hall–Kier alpha value is -1.98. The average Bonchev–Trinajstić information content (AvgIpc) is 2.77. The van der Waals surface area contributed by atoms with Crippen LogP contribution in [0.5, 0.6) is 0 Å². The highest BCUT2D eigenvalue weighted by atomic mass is 16.3. The van der Waals surface area contributed by atoms with Gasteiger partial charge < -0.3 is 10.4 Å². The summed E-state index contributed by atoms with van der Waals surface area (Å²) < 4.78 is 0. The Labute approximate surface area is 130 Å². The molecule has 118 valence electrons. The maximum Gasteiger partial charge on any atom is 0.261 e. The first kappa shape index (κ1) is 16.4. The summed E-state index contributed by atoms with van der Waals surface area (Å²) in [7, 11) is 0. The molecule has 0 aliphatic carbocycles. The Morgan fingerprint density at radius 2 is 1.64 bits per heavy atom. The van der Waals surface area contributed by atoms with Gasteiger partial charge in [-0.3, -0.25) is 14.5 Å². The van der Waals surface area contributed by atoms with E-state index < -0.39 is 0 Å². The van der Waals surface area contributed by atoms with E-state index in [4.69, 9.17) is 5.11 Å². The second-order valence-corrected chi connectivity index (χ2v) is 5.53. The number of carbonyl (C=O) groups is 2. The lowest BCUT2D eigenvalue weighted by Gasteiger charge is -2.16. The number of benzene rings is 1. The lowest BCUT2D eigenvalue weighted by molar-refractivity contribution is 0.0667. The van der Waals surface area contributed by atoms with E-state index in [1.54, 1.807) is 24.3 Å². The summed E-state index contributed by atoms with van der Waals surface area (Å²) in [6.07, 6.45) is 0.828. The minimum Gasteiger partial charge on any atom is -0.395 e. The molecule has 2 rings (SSSR count). The molecule has 0 fully saturated rings. The number of nitrogens with one attached hydrogen (secondary N) is 1. The van der Waals surface area contributed by atoms with Crippen LogP contribution in [-0.4, -0.2) is 48.1 Å². The molecule has 5 nitrogen and oxygen atoms in total. The van der Waals surface area contributed by atoms with Gasteiger partial charge in [0, 0.05) is 6.54 Å². The van der Waals surface area contributed by atoms with Gasteiger partial charge in [0.15, 0.2) is 0 Å². The highest BCUT2D eigenvalue weighted by Crippen LogP contribution is 2.23. The number of rotatable bonds is 7. The van der Waals surface area contributed by atoms with Crippen LogP contribution >= 0.6 is 0 Å². The zero-order valence-electron chi connectivity index (χ0n) is 13.1. The van der Waals surface area contributed by atoms with Crippen molar-refractivity contribution < 1.29 is 14.7 Å². The van der Waals surface area contributed by atoms with Gasteiger partial charge in [0.05, 0.1) is 24.3 Å². The number of nitrogens with zero attached hydrogens (tertiary/aromatic N) is 1. The summed E-state index contributed by atoms with van der Waals surface area (Å²) in [4.78, 5) is 25.9. The van der Waals surface area contributed by atoms with Crippen molar-refractivity contribution in [2.75, 3.05) is 26.2 Å². The first-order chi connectivity index (χ1) is 10.6. The minimum absolute atomic E-state index is 0.122. The van der Waals surface area contributed by atoms with Gasteiger partial charge in [-0.1, -0.05) is 23.3 Å². The van der Waals surface area contributed by atoms with Crippen molar-refractivity contribution in [3.8, 4) is 0 Å². The van der Waals surface area contributed by atoms with E-state index in [-0.39, 0.29) is 18.4 Å². The number of hydrogen-bond donors (Lipinski definition) is 2. The molecule has 22 heavy (non-hydrogen) atoms. The maximum absolute atomic E-state index is 12.3. The zero-order valence-corrected chi connectivity index (χ0v) is 13.1. The topological polar surface area (TPSA) is 69.6 Å². The number of aliphatic hydroxyl groups excluding tert-OH is 1. The molecular formula is C17H22N2O3. The molecule has 0 radical (unpaired) electrons. The first-order valence-corrected chi connectivity index (χ1v) is 7.48. The van der Waals surface area contributed by atoms with Gasteiger partial charge in [0.25, 0.3) is 11.8 Å². The summed E-state index contributed by atoms with van der Waals surface area (Å²) in [5.41, 5.74) is 3.16. The Balaban J connectivity index is 2.02. The first-order valence-electron chi connectivity index (χ1n) is 7.48. The average molecular weight is 302 g/mol. The van der Waals surface area contributed by atoms with Gasteiger partial charge in [0.1, 0.15) is 0 Å². The van der Waals surface area contributed by atoms with Crippen molar-refractivity contribution in [3.05, 3.63) is 46.5 Å². The largest absolute Gasteiger partial charge is 0.395 e. The second kappa shape index (κ2) is 7.33. The van der Waals surface area contributed by atoms with Gasteiger partial charge in [-0.15, -0.1) is 0 Å². The monoisotopic (exact) mass is 302 g/mol. The Kier molecular flexibility index (Phi) is 5.46. The Morgan fingerprint density at radius 3 is 2.18 bits per heavy atom. The lowest BCUT2D eigenvalue weighted by atomic mass is 10.1. The van der Waals surface area contributed by atoms with Crippen LogP contribution in [-0.2, 0) is 0 Å². The smallest absolute Gasteiger partial charge is 0.261 e. The molecule has 2 N–H and O–H groups in total. The van der Waals surface area contributed by atoms with Crippen LogP contribution in [0.1, 0.15) is 41.0 Å². The molecule has 1 aliphatic rings. The SMILES string of the molecule is C/C(CCNCCO)=C(/C)CN1C(=O)c2ccccc2C1=O. The van der Waals surface area contributed by atoms with Crippen LogP contribution in [0.2, 0.25) is 0 Å². The Bertz CT molecular complexity index is 573. The number of hydrogen-bond acceptors (Lipinski definition) is 4. The molecule has 0 spiro atoms. The molecule has 0 atom stereocenters. The molecule has 0 unspecified atom stereocenters. The standard InChI is InChI=1S/C17H22N2O3/c1-12(7-8-18-9-10-20)13(2)11-19-16(21)14-5-3-4-6-15(14)17(19)22/h3-6,18,20H,7-11H2,1-2H3/b13-12+. The van der Waals surface area contributed by atoms with Crippen LogP contribution in [0.25, 0.3) is 0 Å². The van der Waals surface area contributed by atoms with Crippen molar-refractivity contribution in [1.82, 2.24) is 10.2 Å². The third-order valence-electron chi connectivity index (χ3n) is 3.97. The van der Waals surface area contributed by atoms with Crippen molar-refractivity contribution in [3.63, 3.8) is 0 Å². The quantitative estimate of drug-likeness (QED) is 0.456. The van der Waals surface area contributed by atoms with Crippen molar-refractivity contribution >= 4 is 11.8 Å². The van der Waals surface area contributed by atoms with Crippen molar-refractivity contribution in [2.45, 2.75) is 20.3 Å². The molecule has 5 heteroatoms. The zero-order chi connectivity index (χ0) is 16.1. The van der Waals surface area contributed by atoms with E-state index in [1.807, 2.05) is 13.8 Å². The van der Waals surface area contributed by atoms with Gasteiger partial charge in [0.2, 0.25) is 0 Å².